The van der Waals surface area contributed by atoms with Crippen LogP contribution in [0.15, 0.2) is 18.2 Å². The molecule has 1 N–H and O–H groups in total. The average Bonchev–Trinajstić information content (AvgIpc) is 2.74. The fourth-order valence-corrected chi connectivity index (χ4v) is 2.26. The van der Waals surface area contributed by atoms with Gasteiger partial charge in [-0.05, 0) is 24.6 Å². The summed E-state index contributed by atoms with van der Waals surface area (Å²) in [5.41, 5.74) is 1.72. The molecule has 0 spiro atoms. The van der Waals surface area contributed by atoms with Crippen molar-refractivity contribution in [2.45, 2.75) is 13.3 Å². The van der Waals surface area contributed by atoms with Crippen molar-refractivity contribution < 1.29 is 9.59 Å². The van der Waals surface area contributed by atoms with Gasteiger partial charge in [0.25, 0.3) is 0 Å². The van der Waals surface area contributed by atoms with E-state index in [1.165, 1.54) is 0 Å². The van der Waals surface area contributed by atoms with E-state index in [2.05, 4.69) is 5.32 Å². The molecule has 1 unspecified atom stereocenters. The maximum Gasteiger partial charge on any atom is 0.227 e. The second-order valence-electron chi connectivity index (χ2n) is 4.45. The van der Waals surface area contributed by atoms with Gasteiger partial charge in [0, 0.05) is 30.7 Å². The third kappa shape index (κ3) is 2.34. The molecular formula is C13H15ClN2O2. The fraction of sp³-hybridized carbons (Fsp3) is 0.385. The molecule has 1 fully saturated rings. The summed E-state index contributed by atoms with van der Waals surface area (Å²) >= 11 is 6.05. The standard InChI is InChI=1S/C13H15ClN2O2/c1-8-3-4-10(6-11(8)14)16-7-9(5-12(16)17)13(18)15-2/h3-4,6,9H,5,7H2,1-2H3,(H,15,18). The Morgan fingerprint density at radius 1 is 1.50 bits per heavy atom. The lowest BCUT2D eigenvalue weighted by molar-refractivity contribution is -0.125. The van der Waals surface area contributed by atoms with Crippen LogP contribution in [0.1, 0.15) is 12.0 Å². The molecule has 0 radical (unpaired) electrons. The Kier molecular flexibility index (Phi) is 3.57. The molecule has 1 aromatic carbocycles. The SMILES string of the molecule is CNC(=O)C1CC(=O)N(c2ccc(C)c(Cl)c2)C1. The zero-order valence-corrected chi connectivity index (χ0v) is 11.1. The Morgan fingerprint density at radius 3 is 2.83 bits per heavy atom. The second-order valence-corrected chi connectivity index (χ2v) is 4.86. The van der Waals surface area contributed by atoms with Crippen molar-refractivity contribution in [3.05, 3.63) is 28.8 Å². The zero-order chi connectivity index (χ0) is 13.3. The summed E-state index contributed by atoms with van der Waals surface area (Å²) in [5.74, 6) is -0.407. The number of carbonyl (C=O) groups is 2. The molecule has 0 aliphatic carbocycles. The summed E-state index contributed by atoms with van der Waals surface area (Å²) in [6.45, 7) is 2.32. The van der Waals surface area contributed by atoms with Gasteiger partial charge in [-0.3, -0.25) is 9.59 Å². The highest BCUT2D eigenvalue weighted by atomic mass is 35.5. The minimum absolute atomic E-state index is 0.0384. The van der Waals surface area contributed by atoms with Crippen molar-refractivity contribution in [3.63, 3.8) is 0 Å². The molecule has 4 nitrogen and oxygen atoms in total. The van der Waals surface area contributed by atoms with Crippen LogP contribution in [0.4, 0.5) is 5.69 Å². The van der Waals surface area contributed by atoms with Gasteiger partial charge in [0.15, 0.2) is 0 Å². The summed E-state index contributed by atoms with van der Waals surface area (Å²) in [4.78, 5) is 25.1. The van der Waals surface area contributed by atoms with E-state index in [9.17, 15) is 9.59 Å². The van der Waals surface area contributed by atoms with E-state index in [1.54, 1.807) is 18.0 Å². The van der Waals surface area contributed by atoms with E-state index in [0.717, 1.165) is 11.3 Å². The first-order valence-corrected chi connectivity index (χ1v) is 6.19. The van der Waals surface area contributed by atoms with Crippen LogP contribution in [-0.2, 0) is 9.59 Å². The number of rotatable bonds is 2. The third-order valence-corrected chi connectivity index (χ3v) is 3.62. The maximum absolute atomic E-state index is 11.9. The van der Waals surface area contributed by atoms with Crippen LogP contribution >= 0.6 is 11.6 Å². The summed E-state index contributed by atoms with van der Waals surface area (Å²) in [6.07, 6.45) is 0.255. The molecule has 0 bridgehead atoms. The van der Waals surface area contributed by atoms with Crippen LogP contribution in [0, 0.1) is 12.8 Å². The number of nitrogens with zero attached hydrogens (tertiary/aromatic N) is 1. The third-order valence-electron chi connectivity index (χ3n) is 3.21. The molecule has 1 aliphatic heterocycles. The van der Waals surface area contributed by atoms with Crippen LogP contribution in [-0.4, -0.2) is 25.4 Å². The Bertz CT molecular complexity index is 502. The zero-order valence-electron chi connectivity index (χ0n) is 10.4. The van der Waals surface area contributed by atoms with Gasteiger partial charge in [-0.25, -0.2) is 0 Å². The van der Waals surface area contributed by atoms with Crippen LogP contribution in [0.5, 0.6) is 0 Å². The Hall–Kier alpha value is -1.55. The summed E-state index contributed by atoms with van der Waals surface area (Å²) < 4.78 is 0. The summed E-state index contributed by atoms with van der Waals surface area (Å²) in [7, 11) is 1.58. The Labute approximate surface area is 111 Å². The first-order chi connectivity index (χ1) is 8.52. The minimum atomic E-state index is -0.275. The van der Waals surface area contributed by atoms with Crippen LogP contribution in [0.2, 0.25) is 5.02 Å². The van der Waals surface area contributed by atoms with Gasteiger partial charge in [0.2, 0.25) is 11.8 Å². The number of carbonyl (C=O) groups excluding carboxylic acids is 2. The highest BCUT2D eigenvalue weighted by Crippen LogP contribution is 2.28. The topological polar surface area (TPSA) is 49.4 Å². The second kappa shape index (κ2) is 4.98. The van der Waals surface area contributed by atoms with Crippen molar-refractivity contribution in [1.82, 2.24) is 5.32 Å². The van der Waals surface area contributed by atoms with Gasteiger partial charge in [-0.15, -0.1) is 0 Å². The summed E-state index contributed by atoms with van der Waals surface area (Å²) in [6, 6.07) is 5.49. The van der Waals surface area contributed by atoms with Gasteiger partial charge in [-0.2, -0.15) is 0 Å². The average molecular weight is 267 g/mol. The first-order valence-electron chi connectivity index (χ1n) is 5.81. The normalized spacial score (nSPS) is 19.2. The van der Waals surface area contributed by atoms with Crippen LogP contribution in [0.3, 0.4) is 0 Å². The molecule has 1 saturated heterocycles. The van der Waals surface area contributed by atoms with Crippen molar-refractivity contribution in [2.24, 2.45) is 5.92 Å². The highest BCUT2D eigenvalue weighted by Gasteiger charge is 2.34. The van der Waals surface area contributed by atoms with Crippen molar-refractivity contribution in [1.29, 1.82) is 0 Å². The van der Waals surface area contributed by atoms with Gasteiger partial charge < -0.3 is 10.2 Å². The van der Waals surface area contributed by atoms with Crippen molar-refractivity contribution in [3.8, 4) is 0 Å². The Morgan fingerprint density at radius 2 is 2.22 bits per heavy atom. The molecule has 5 heteroatoms. The number of halogens is 1. The number of amides is 2. The first kappa shape index (κ1) is 12.9. The smallest absolute Gasteiger partial charge is 0.227 e. The molecule has 96 valence electrons. The van der Waals surface area contributed by atoms with E-state index < -0.39 is 0 Å². The molecule has 2 rings (SSSR count). The van der Waals surface area contributed by atoms with Crippen LogP contribution in [0.25, 0.3) is 0 Å². The molecule has 0 saturated carbocycles. The predicted octanol–water partition coefficient (Wildman–Crippen LogP) is 1.75. The number of benzene rings is 1. The molecule has 1 atom stereocenters. The number of nitrogens with one attached hydrogen (secondary N) is 1. The number of aryl methyl sites for hydroxylation is 1. The molecule has 2 amide bonds. The van der Waals surface area contributed by atoms with E-state index in [1.807, 2.05) is 19.1 Å². The van der Waals surface area contributed by atoms with Gasteiger partial charge >= 0.3 is 0 Å². The lowest BCUT2D eigenvalue weighted by Crippen LogP contribution is -2.30. The highest BCUT2D eigenvalue weighted by molar-refractivity contribution is 6.31. The molecule has 1 aromatic rings. The largest absolute Gasteiger partial charge is 0.359 e. The quantitative estimate of drug-likeness (QED) is 0.887. The fourth-order valence-electron chi connectivity index (χ4n) is 2.09. The molecule has 18 heavy (non-hydrogen) atoms. The molecular weight excluding hydrogens is 252 g/mol. The molecule has 1 aliphatic rings. The van der Waals surface area contributed by atoms with Gasteiger partial charge in [0.1, 0.15) is 0 Å². The van der Waals surface area contributed by atoms with E-state index in [-0.39, 0.29) is 24.2 Å². The Balaban J connectivity index is 2.21. The van der Waals surface area contributed by atoms with E-state index in [0.29, 0.717) is 11.6 Å². The van der Waals surface area contributed by atoms with Gasteiger partial charge in [0.05, 0.1) is 5.92 Å². The van der Waals surface area contributed by atoms with Crippen molar-refractivity contribution in [2.75, 3.05) is 18.5 Å². The van der Waals surface area contributed by atoms with E-state index in [4.69, 9.17) is 11.6 Å². The van der Waals surface area contributed by atoms with Gasteiger partial charge in [-0.1, -0.05) is 17.7 Å². The number of hydrogen-bond donors (Lipinski definition) is 1. The monoisotopic (exact) mass is 266 g/mol. The minimum Gasteiger partial charge on any atom is -0.359 e. The summed E-state index contributed by atoms with van der Waals surface area (Å²) in [5, 5.41) is 3.20. The molecule has 1 heterocycles. The predicted molar refractivity (Wildman–Crippen MR) is 70.7 cm³/mol. The number of anilines is 1. The lowest BCUT2D eigenvalue weighted by atomic mass is 10.1. The lowest BCUT2D eigenvalue weighted by Gasteiger charge is -2.17. The molecule has 0 aromatic heterocycles. The van der Waals surface area contributed by atoms with Crippen LogP contribution < -0.4 is 10.2 Å². The van der Waals surface area contributed by atoms with E-state index >= 15 is 0 Å². The number of hydrogen-bond acceptors (Lipinski definition) is 2. The van der Waals surface area contributed by atoms with Crippen molar-refractivity contribution >= 4 is 29.1 Å². The maximum atomic E-state index is 11.9.